The normalized spacial score (nSPS) is 12.2. The van der Waals surface area contributed by atoms with E-state index in [0.717, 1.165) is 21.8 Å². The van der Waals surface area contributed by atoms with Crippen LogP contribution in [0.5, 0.6) is 11.5 Å². The standard InChI is InChI=1S/C24H26N6O6S2/c1-35-20-7-6-16(12-21(20)36-2)11-18(13-23(31)28-32)30-15-17(27-29-30)14-26-38(33,34)24-9-8-22(37-24)19-5-3-4-10-25-19/h3-10,12,15,18,26,32H,11,13-14H2,1-2H3,(H,28,31)/t18-/m0/s1. The quantitative estimate of drug-likeness (QED) is 0.176. The number of rotatable bonds is 12. The van der Waals surface area contributed by atoms with E-state index in [4.69, 9.17) is 14.7 Å². The molecular weight excluding hydrogens is 532 g/mol. The van der Waals surface area contributed by atoms with E-state index in [-0.39, 0.29) is 17.2 Å². The predicted octanol–water partition coefficient (Wildman–Crippen LogP) is 2.58. The molecule has 1 amide bonds. The van der Waals surface area contributed by atoms with E-state index in [2.05, 4.69) is 20.0 Å². The smallest absolute Gasteiger partial charge is 0.250 e. The number of pyridine rings is 1. The van der Waals surface area contributed by atoms with Crippen molar-refractivity contribution in [2.75, 3.05) is 14.2 Å². The van der Waals surface area contributed by atoms with Crippen molar-refractivity contribution in [2.45, 2.75) is 29.6 Å². The molecule has 0 unspecified atom stereocenters. The zero-order valence-corrected chi connectivity index (χ0v) is 22.2. The van der Waals surface area contributed by atoms with Gasteiger partial charge in [0.15, 0.2) is 11.5 Å². The molecule has 3 aromatic heterocycles. The predicted molar refractivity (Wildman–Crippen MR) is 138 cm³/mol. The lowest BCUT2D eigenvalue weighted by Crippen LogP contribution is -2.25. The Kier molecular flexibility index (Phi) is 8.68. The largest absolute Gasteiger partial charge is 0.493 e. The van der Waals surface area contributed by atoms with Gasteiger partial charge in [0.1, 0.15) is 4.21 Å². The number of methoxy groups -OCH3 is 2. The van der Waals surface area contributed by atoms with Gasteiger partial charge in [-0.2, -0.15) is 0 Å². The number of hydrogen-bond acceptors (Lipinski definition) is 10. The summed E-state index contributed by atoms with van der Waals surface area (Å²) in [4.78, 5) is 17.0. The highest BCUT2D eigenvalue weighted by Gasteiger charge is 2.21. The number of aromatic nitrogens is 4. The molecule has 4 aromatic rings. The van der Waals surface area contributed by atoms with Gasteiger partial charge in [0.25, 0.3) is 0 Å². The van der Waals surface area contributed by atoms with E-state index in [1.165, 1.54) is 25.0 Å². The lowest BCUT2D eigenvalue weighted by Gasteiger charge is -2.17. The average Bonchev–Trinajstić information content (AvgIpc) is 3.63. The molecule has 0 aliphatic rings. The molecule has 0 aliphatic heterocycles. The van der Waals surface area contributed by atoms with Crippen LogP contribution in [0.3, 0.4) is 0 Å². The molecule has 1 atom stereocenters. The van der Waals surface area contributed by atoms with Gasteiger partial charge in [-0.3, -0.25) is 15.0 Å². The van der Waals surface area contributed by atoms with Gasteiger partial charge >= 0.3 is 0 Å². The Morgan fingerprint density at radius 3 is 2.66 bits per heavy atom. The highest BCUT2D eigenvalue weighted by Crippen LogP contribution is 2.30. The fraction of sp³-hybridized carbons (Fsp3) is 0.250. The van der Waals surface area contributed by atoms with Crippen molar-refractivity contribution in [3.05, 3.63) is 72.2 Å². The van der Waals surface area contributed by atoms with Gasteiger partial charge in [-0.25, -0.2) is 23.3 Å². The Hall–Kier alpha value is -3.85. The summed E-state index contributed by atoms with van der Waals surface area (Å²) in [5.74, 6) is 0.493. The molecule has 14 heteroatoms. The van der Waals surface area contributed by atoms with Crippen LogP contribution >= 0.6 is 11.3 Å². The van der Waals surface area contributed by atoms with Crippen LogP contribution < -0.4 is 19.7 Å². The minimum absolute atomic E-state index is 0.0924. The molecule has 3 heterocycles. The van der Waals surface area contributed by atoms with Gasteiger partial charge in [0.2, 0.25) is 15.9 Å². The third-order valence-corrected chi connectivity index (χ3v) is 8.60. The fourth-order valence-electron chi connectivity index (χ4n) is 3.72. The summed E-state index contributed by atoms with van der Waals surface area (Å²) in [7, 11) is -0.739. The summed E-state index contributed by atoms with van der Waals surface area (Å²) in [6.45, 7) is -0.103. The number of amides is 1. The Morgan fingerprint density at radius 1 is 1.13 bits per heavy atom. The molecule has 0 saturated carbocycles. The molecule has 0 bridgehead atoms. The van der Waals surface area contributed by atoms with E-state index in [0.29, 0.717) is 29.3 Å². The third-order valence-electron chi connectivity index (χ3n) is 5.60. The zero-order valence-electron chi connectivity index (χ0n) is 20.6. The van der Waals surface area contributed by atoms with E-state index in [9.17, 15) is 13.2 Å². The highest BCUT2D eigenvalue weighted by atomic mass is 32.2. The number of hydrogen-bond donors (Lipinski definition) is 3. The summed E-state index contributed by atoms with van der Waals surface area (Å²) in [5, 5.41) is 17.2. The SMILES string of the molecule is COc1ccc(C[C@@H](CC(=O)NO)n2cc(CNS(=O)(=O)c3ccc(-c4ccccn4)s3)nn2)cc1OC. The van der Waals surface area contributed by atoms with Crippen molar-refractivity contribution in [1.82, 2.24) is 30.2 Å². The van der Waals surface area contributed by atoms with Crippen molar-refractivity contribution in [1.29, 1.82) is 0 Å². The first-order chi connectivity index (χ1) is 18.3. The lowest BCUT2D eigenvalue weighted by molar-refractivity contribution is -0.130. The Bertz CT molecular complexity index is 1490. The maximum atomic E-state index is 12.9. The molecule has 38 heavy (non-hydrogen) atoms. The van der Waals surface area contributed by atoms with Gasteiger partial charge in [-0.15, -0.1) is 16.4 Å². The Balaban J connectivity index is 1.47. The Morgan fingerprint density at radius 2 is 1.95 bits per heavy atom. The second-order valence-electron chi connectivity index (χ2n) is 8.13. The van der Waals surface area contributed by atoms with Crippen LogP contribution in [-0.2, 0) is 27.8 Å². The molecule has 0 aliphatic carbocycles. The van der Waals surface area contributed by atoms with Gasteiger partial charge in [0.05, 0.1) is 55.7 Å². The zero-order chi connectivity index (χ0) is 27.1. The number of carbonyl (C=O) groups excluding carboxylic acids is 1. The topological polar surface area (TPSA) is 158 Å². The maximum absolute atomic E-state index is 12.9. The van der Waals surface area contributed by atoms with Gasteiger partial charge in [-0.1, -0.05) is 17.3 Å². The van der Waals surface area contributed by atoms with Crippen molar-refractivity contribution in [2.24, 2.45) is 0 Å². The summed E-state index contributed by atoms with van der Waals surface area (Å²) in [6.07, 6.45) is 3.47. The number of nitrogens with one attached hydrogen (secondary N) is 2. The number of hydroxylamine groups is 1. The van der Waals surface area contributed by atoms with Crippen molar-refractivity contribution < 1.29 is 27.9 Å². The summed E-state index contributed by atoms with van der Waals surface area (Å²) >= 11 is 1.11. The van der Waals surface area contributed by atoms with Crippen LogP contribution in [0.2, 0.25) is 0 Å². The second kappa shape index (κ2) is 12.1. The minimum atomic E-state index is -3.80. The minimum Gasteiger partial charge on any atom is -0.493 e. The van der Waals surface area contributed by atoms with Crippen LogP contribution in [0.1, 0.15) is 23.7 Å². The molecule has 3 N–H and O–H groups in total. The number of nitrogens with zero attached hydrogens (tertiary/aromatic N) is 4. The molecule has 0 fully saturated rings. The summed E-state index contributed by atoms with van der Waals surface area (Å²) in [5.41, 5.74) is 3.51. The lowest BCUT2D eigenvalue weighted by atomic mass is 10.0. The highest BCUT2D eigenvalue weighted by molar-refractivity contribution is 7.91. The van der Waals surface area contributed by atoms with Gasteiger partial charge in [-0.05, 0) is 48.4 Å². The number of ether oxygens (including phenoxy) is 2. The van der Waals surface area contributed by atoms with E-state index < -0.39 is 22.0 Å². The first-order valence-electron chi connectivity index (χ1n) is 11.4. The molecule has 0 radical (unpaired) electrons. The first kappa shape index (κ1) is 27.2. The van der Waals surface area contributed by atoms with Crippen LogP contribution in [0.15, 0.2) is 65.1 Å². The van der Waals surface area contributed by atoms with Gasteiger partial charge < -0.3 is 9.47 Å². The monoisotopic (exact) mass is 558 g/mol. The molecule has 0 saturated heterocycles. The first-order valence-corrected chi connectivity index (χ1v) is 13.7. The third kappa shape index (κ3) is 6.52. The van der Waals surface area contributed by atoms with Crippen LogP contribution in [0.25, 0.3) is 10.6 Å². The van der Waals surface area contributed by atoms with Crippen molar-refractivity contribution >= 4 is 27.3 Å². The number of benzene rings is 1. The van der Waals surface area contributed by atoms with Crippen LogP contribution in [-0.4, -0.2) is 53.7 Å². The van der Waals surface area contributed by atoms with Gasteiger partial charge in [0, 0.05) is 6.20 Å². The van der Waals surface area contributed by atoms with E-state index in [1.807, 2.05) is 18.2 Å². The fourth-order valence-corrected chi connectivity index (χ4v) is 6.05. The molecule has 4 rings (SSSR count). The number of carbonyl (C=O) groups is 1. The second-order valence-corrected chi connectivity index (χ2v) is 11.2. The molecule has 200 valence electrons. The van der Waals surface area contributed by atoms with Crippen molar-refractivity contribution in [3.63, 3.8) is 0 Å². The number of thiophene rings is 1. The molecule has 0 spiro atoms. The molecule has 1 aromatic carbocycles. The molecular formula is C24H26N6O6S2. The van der Waals surface area contributed by atoms with Crippen molar-refractivity contribution in [3.8, 4) is 22.1 Å². The van der Waals surface area contributed by atoms with Crippen LogP contribution in [0, 0.1) is 0 Å². The summed E-state index contributed by atoms with van der Waals surface area (Å²) < 4.78 is 40.5. The number of sulfonamides is 1. The summed E-state index contributed by atoms with van der Waals surface area (Å²) in [6, 6.07) is 13.5. The maximum Gasteiger partial charge on any atom is 0.250 e. The van der Waals surface area contributed by atoms with E-state index >= 15 is 0 Å². The van der Waals surface area contributed by atoms with E-state index in [1.54, 1.807) is 42.1 Å². The van der Waals surface area contributed by atoms with Crippen LogP contribution in [0.4, 0.5) is 0 Å². The Labute approximate surface area is 223 Å². The average molecular weight is 559 g/mol. The molecule has 12 nitrogen and oxygen atoms in total.